The van der Waals surface area contributed by atoms with Crippen molar-refractivity contribution in [3.05, 3.63) is 46.2 Å². The molecule has 3 unspecified atom stereocenters. The topological polar surface area (TPSA) is 171 Å². The van der Waals surface area contributed by atoms with E-state index in [2.05, 4.69) is 5.32 Å². The Kier molecular flexibility index (Phi) is 6.18. The van der Waals surface area contributed by atoms with Crippen LogP contribution in [-0.4, -0.2) is 98.3 Å². The fourth-order valence-electron chi connectivity index (χ4n) is 6.70. The summed E-state index contributed by atoms with van der Waals surface area (Å²) in [6.07, 6.45) is 1.78. The normalized spacial score (nSPS) is 33.4. The lowest BCUT2D eigenvalue weighted by molar-refractivity contribution is -0.159. The van der Waals surface area contributed by atoms with Crippen LogP contribution in [0.4, 0.5) is 0 Å². The van der Waals surface area contributed by atoms with E-state index < -0.39 is 63.6 Å². The van der Waals surface area contributed by atoms with Crippen LogP contribution in [-0.2, 0) is 20.0 Å². The van der Waals surface area contributed by atoms with Gasteiger partial charge in [-0.25, -0.2) is 0 Å². The van der Waals surface area contributed by atoms with Crippen molar-refractivity contribution in [2.75, 3.05) is 33.9 Å². The van der Waals surface area contributed by atoms with Crippen molar-refractivity contribution in [2.24, 2.45) is 11.8 Å². The average molecular weight is 528 g/mol. The largest absolute Gasteiger partial charge is 0.508 e. The van der Waals surface area contributed by atoms with Crippen molar-refractivity contribution in [2.45, 2.75) is 43.4 Å². The van der Waals surface area contributed by atoms with Gasteiger partial charge in [0.1, 0.15) is 22.8 Å². The maximum absolute atomic E-state index is 14.0. The van der Waals surface area contributed by atoms with Crippen LogP contribution in [0.1, 0.15) is 37.3 Å². The van der Waals surface area contributed by atoms with Gasteiger partial charge in [-0.3, -0.25) is 24.2 Å². The molecule has 1 saturated carbocycles. The number of hydrogen-bond donors (Lipinski definition) is 6. The average Bonchev–Trinajstić information content (AvgIpc) is 3.37. The molecule has 11 nitrogen and oxygen atoms in total. The lowest BCUT2D eigenvalue weighted by Gasteiger charge is -2.53. The van der Waals surface area contributed by atoms with Gasteiger partial charge in [0, 0.05) is 17.4 Å². The minimum absolute atomic E-state index is 0.137. The van der Waals surface area contributed by atoms with Gasteiger partial charge in [0.2, 0.25) is 5.78 Å². The van der Waals surface area contributed by atoms with Gasteiger partial charge in [-0.05, 0) is 65.0 Å². The number of ketones is 2. The Balaban J connectivity index is 1.65. The van der Waals surface area contributed by atoms with Gasteiger partial charge in [0.05, 0.1) is 23.9 Å². The van der Waals surface area contributed by atoms with Gasteiger partial charge >= 0.3 is 0 Å². The first kappa shape index (κ1) is 26.4. The van der Waals surface area contributed by atoms with E-state index in [9.17, 15) is 39.9 Å². The number of rotatable bonds is 4. The Hall–Kier alpha value is -3.25. The van der Waals surface area contributed by atoms with Crippen molar-refractivity contribution in [1.29, 1.82) is 0 Å². The molecule has 1 aromatic rings. The molecule has 3 aliphatic carbocycles. The summed E-state index contributed by atoms with van der Waals surface area (Å²) in [7, 11) is 3.12. The number of benzene rings is 1. The van der Waals surface area contributed by atoms with E-state index in [0.717, 1.165) is 25.9 Å². The molecule has 0 radical (unpaired) electrons. The van der Waals surface area contributed by atoms with Gasteiger partial charge < -0.3 is 30.8 Å². The second-order valence-electron chi connectivity index (χ2n) is 11.1. The molecule has 0 bridgehead atoms. The molecular weight excluding hydrogens is 494 g/mol. The zero-order chi connectivity index (χ0) is 27.7. The quantitative estimate of drug-likeness (QED) is 0.300. The highest BCUT2D eigenvalue weighted by atomic mass is 16.3. The van der Waals surface area contributed by atoms with Gasteiger partial charge in [-0.15, -0.1) is 0 Å². The summed E-state index contributed by atoms with van der Waals surface area (Å²) in [4.78, 5) is 44.3. The minimum Gasteiger partial charge on any atom is -0.508 e. The van der Waals surface area contributed by atoms with E-state index >= 15 is 0 Å². The van der Waals surface area contributed by atoms with Crippen LogP contribution in [0.5, 0.6) is 5.75 Å². The number of aliphatic hydroxyl groups is 4. The number of carbonyl (C=O) groups is 3. The summed E-state index contributed by atoms with van der Waals surface area (Å²) >= 11 is 0. The highest BCUT2D eigenvalue weighted by molar-refractivity contribution is 6.25. The molecule has 1 amide bonds. The molecule has 1 heterocycles. The fourth-order valence-corrected chi connectivity index (χ4v) is 6.70. The minimum atomic E-state index is -2.72. The molecule has 0 spiro atoms. The third-order valence-corrected chi connectivity index (χ3v) is 8.66. The van der Waals surface area contributed by atoms with E-state index in [-0.39, 0.29) is 35.5 Å². The second kappa shape index (κ2) is 8.91. The second-order valence-corrected chi connectivity index (χ2v) is 11.1. The molecule has 6 N–H and O–H groups in total. The maximum Gasteiger partial charge on any atom is 0.259 e. The Morgan fingerprint density at radius 1 is 1.13 bits per heavy atom. The standard InChI is InChI=1S/C27H33N3O8/c1-26(37)13-7-6-8-16(31)17(13)21(32)18-14(26)11-15-20(29(2)3)22(33)19(24(35)27(15,38)23(18)34)25(36)28-12-30-9-4-5-10-30/h6-8,14-15,20,31-32,35,37-38H,4-5,9-12H2,1-3H3,(H,28,36)/t14?,15?,20?,26-,27+/m1/s1. The third kappa shape index (κ3) is 3.53. The zero-order valence-electron chi connectivity index (χ0n) is 21.6. The van der Waals surface area contributed by atoms with Gasteiger partial charge in [-0.2, -0.15) is 0 Å². The number of hydrogen-bond acceptors (Lipinski definition) is 10. The summed E-state index contributed by atoms with van der Waals surface area (Å²) in [5.41, 5.74) is -5.54. The third-order valence-electron chi connectivity index (χ3n) is 8.66. The Morgan fingerprint density at radius 2 is 1.79 bits per heavy atom. The van der Waals surface area contributed by atoms with Crippen molar-refractivity contribution in [1.82, 2.24) is 15.1 Å². The first-order valence-corrected chi connectivity index (χ1v) is 12.7. The number of phenols is 1. The molecule has 2 fully saturated rings. The Bertz CT molecular complexity index is 1290. The molecule has 38 heavy (non-hydrogen) atoms. The number of nitrogens with zero attached hydrogens (tertiary/aromatic N) is 2. The first-order valence-electron chi connectivity index (χ1n) is 12.7. The molecule has 1 saturated heterocycles. The fraction of sp³-hybridized carbons (Fsp3) is 0.519. The van der Waals surface area contributed by atoms with Crippen LogP contribution >= 0.6 is 0 Å². The number of likely N-dealkylation sites (N-methyl/N-ethyl adjacent to an activating group) is 1. The summed E-state index contributed by atoms with van der Waals surface area (Å²) in [6.45, 7) is 3.11. The zero-order valence-corrected chi connectivity index (χ0v) is 21.6. The molecule has 204 valence electrons. The van der Waals surface area contributed by atoms with Crippen LogP contribution in [0.25, 0.3) is 5.76 Å². The molecule has 5 atom stereocenters. The van der Waals surface area contributed by atoms with E-state index in [4.69, 9.17) is 0 Å². The molecule has 0 aromatic heterocycles. The summed E-state index contributed by atoms with van der Waals surface area (Å²) in [5, 5.41) is 59.0. The number of phenolic OH excluding ortho intramolecular Hbond substituents is 1. The monoisotopic (exact) mass is 527 g/mol. The van der Waals surface area contributed by atoms with Crippen LogP contribution in [0.15, 0.2) is 35.1 Å². The number of Topliss-reactive ketones (excluding diaryl/α,β-unsaturated/α-hetero) is 2. The smallest absolute Gasteiger partial charge is 0.259 e. The lowest BCUT2D eigenvalue weighted by Crippen LogP contribution is -2.67. The molecule has 5 rings (SSSR count). The van der Waals surface area contributed by atoms with Gasteiger partial charge in [-0.1, -0.05) is 12.1 Å². The van der Waals surface area contributed by atoms with E-state index in [0.29, 0.717) is 0 Å². The molecule has 4 aliphatic rings. The number of aromatic hydroxyl groups is 1. The molecule has 1 aliphatic heterocycles. The first-order chi connectivity index (χ1) is 17.8. The van der Waals surface area contributed by atoms with E-state index in [1.807, 2.05) is 4.90 Å². The number of amides is 1. The Labute approximate surface area is 219 Å². The van der Waals surface area contributed by atoms with Crippen LogP contribution in [0.3, 0.4) is 0 Å². The van der Waals surface area contributed by atoms with E-state index in [1.54, 1.807) is 14.1 Å². The number of carbonyl (C=O) groups excluding carboxylic acids is 3. The number of aliphatic hydroxyl groups excluding tert-OH is 2. The molecule has 1 aromatic carbocycles. The number of likely N-dealkylation sites (tertiary alicyclic amines) is 1. The van der Waals surface area contributed by atoms with Crippen LogP contribution < -0.4 is 5.32 Å². The van der Waals surface area contributed by atoms with Crippen LogP contribution in [0, 0.1) is 11.8 Å². The van der Waals surface area contributed by atoms with Gasteiger partial charge in [0.25, 0.3) is 5.91 Å². The van der Waals surface area contributed by atoms with Crippen molar-refractivity contribution >= 4 is 23.2 Å². The van der Waals surface area contributed by atoms with Gasteiger partial charge in [0.15, 0.2) is 11.4 Å². The maximum atomic E-state index is 14.0. The predicted molar refractivity (Wildman–Crippen MR) is 135 cm³/mol. The predicted octanol–water partition coefficient (Wildman–Crippen LogP) is 0.313. The summed E-state index contributed by atoms with van der Waals surface area (Å²) in [6, 6.07) is 3.12. The van der Waals surface area contributed by atoms with Crippen molar-refractivity contribution in [3.8, 4) is 5.75 Å². The van der Waals surface area contributed by atoms with Crippen molar-refractivity contribution in [3.63, 3.8) is 0 Å². The molecule has 11 heteroatoms. The van der Waals surface area contributed by atoms with E-state index in [1.165, 1.54) is 30.0 Å². The molecular formula is C27H33N3O8. The summed E-state index contributed by atoms with van der Waals surface area (Å²) in [5.74, 6) is -7.17. The Morgan fingerprint density at radius 3 is 2.42 bits per heavy atom. The highest BCUT2D eigenvalue weighted by Gasteiger charge is 2.66. The van der Waals surface area contributed by atoms with Crippen molar-refractivity contribution < 1.29 is 39.9 Å². The number of nitrogens with one attached hydrogen (secondary N) is 1. The van der Waals surface area contributed by atoms with Crippen LogP contribution in [0.2, 0.25) is 0 Å². The summed E-state index contributed by atoms with van der Waals surface area (Å²) < 4.78 is 0. The lowest BCUT2D eigenvalue weighted by atomic mass is 9.54. The SMILES string of the molecule is CN(C)C1C(=O)C(C(=O)NCN2CCCC2)=C(O)[C@@]2(O)C(=O)C3=C(O)c4c(O)cccc4[C@@](C)(O)C3CC12. The highest BCUT2D eigenvalue weighted by Crippen LogP contribution is 2.57. The number of fused-ring (bicyclic) bond motifs is 3.